The van der Waals surface area contributed by atoms with Gasteiger partial charge in [-0.25, -0.2) is 0 Å². The van der Waals surface area contributed by atoms with E-state index in [0.29, 0.717) is 24.6 Å². The topological polar surface area (TPSA) is 88.3 Å². The number of carbonyl (C=O) groups excluding carboxylic acids is 1. The third kappa shape index (κ3) is 5.89. The molecule has 1 aliphatic rings. The van der Waals surface area contributed by atoms with Crippen LogP contribution < -0.4 is 20.1 Å². The number of aliphatic hydroxyl groups excluding tert-OH is 1. The number of para-hydroxylation sites is 3. The minimum absolute atomic E-state index is 0.0339. The van der Waals surface area contributed by atoms with Crippen molar-refractivity contribution in [3.05, 3.63) is 53.6 Å². The Hall–Kier alpha value is -2.77. The van der Waals surface area contributed by atoms with E-state index in [2.05, 4.69) is 35.8 Å². The molecule has 2 atom stereocenters. The Morgan fingerprint density at radius 3 is 2.45 bits per heavy atom. The van der Waals surface area contributed by atoms with Crippen molar-refractivity contribution in [1.82, 2.24) is 4.90 Å². The summed E-state index contributed by atoms with van der Waals surface area (Å²) >= 11 is 0. The Morgan fingerprint density at radius 1 is 1.13 bits per heavy atom. The third-order valence-corrected chi connectivity index (χ3v) is 5.70. The molecule has 1 amide bonds. The molecule has 168 valence electrons. The zero-order valence-electron chi connectivity index (χ0n) is 18.6. The van der Waals surface area contributed by atoms with Crippen LogP contribution in [0, 0.1) is 13.8 Å². The number of methoxy groups -OCH3 is 1. The van der Waals surface area contributed by atoms with Gasteiger partial charge in [-0.05, 0) is 37.1 Å². The predicted octanol–water partition coefficient (Wildman–Crippen LogP) is 2.12. The number of piperazine rings is 1. The van der Waals surface area contributed by atoms with Crippen molar-refractivity contribution in [3.8, 4) is 11.5 Å². The van der Waals surface area contributed by atoms with Gasteiger partial charge in [-0.1, -0.05) is 30.3 Å². The van der Waals surface area contributed by atoms with Crippen LogP contribution in [0.3, 0.4) is 0 Å². The average Bonchev–Trinajstić information content (AvgIpc) is 2.73. The quantitative estimate of drug-likeness (QED) is 0.637. The third-order valence-electron chi connectivity index (χ3n) is 5.70. The number of primary amides is 1. The second kappa shape index (κ2) is 10.5. The van der Waals surface area contributed by atoms with E-state index in [1.165, 1.54) is 16.8 Å². The molecule has 2 aromatic rings. The van der Waals surface area contributed by atoms with Gasteiger partial charge in [0, 0.05) is 38.3 Å². The fraction of sp³-hybridized carbons (Fsp3) is 0.458. The van der Waals surface area contributed by atoms with E-state index in [0.717, 1.165) is 13.1 Å². The first-order valence-corrected chi connectivity index (χ1v) is 10.7. The number of hydrogen-bond donors (Lipinski definition) is 2. The van der Waals surface area contributed by atoms with Crippen LogP contribution in [0.2, 0.25) is 0 Å². The van der Waals surface area contributed by atoms with E-state index >= 15 is 0 Å². The smallest absolute Gasteiger partial charge is 0.219 e. The molecule has 1 saturated heterocycles. The lowest BCUT2D eigenvalue weighted by atomic mass is 10.0. The normalized spacial score (nSPS) is 17.9. The van der Waals surface area contributed by atoms with Crippen molar-refractivity contribution >= 4 is 11.6 Å². The van der Waals surface area contributed by atoms with Crippen LogP contribution in [0.15, 0.2) is 42.5 Å². The van der Waals surface area contributed by atoms with E-state index in [4.69, 9.17) is 15.2 Å². The fourth-order valence-electron chi connectivity index (χ4n) is 4.32. The zero-order valence-corrected chi connectivity index (χ0v) is 18.6. The molecule has 2 aromatic carbocycles. The number of ether oxygens (including phenoxy) is 2. The first kappa shape index (κ1) is 22.9. The van der Waals surface area contributed by atoms with E-state index < -0.39 is 6.10 Å². The van der Waals surface area contributed by atoms with Crippen molar-refractivity contribution in [2.75, 3.05) is 44.8 Å². The van der Waals surface area contributed by atoms with E-state index in [1.807, 2.05) is 30.3 Å². The maximum atomic E-state index is 11.8. The number of β-amino-alcohol motifs (C(OH)–C–C–N with tert-alkyl or cyclic N) is 1. The first-order valence-electron chi connectivity index (χ1n) is 10.7. The van der Waals surface area contributed by atoms with Crippen molar-refractivity contribution < 1.29 is 19.4 Å². The number of benzene rings is 2. The fourth-order valence-corrected chi connectivity index (χ4v) is 4.32. The highest BCUT2D eigenvalue weighted by molar-refractivity contribution is 5.75. The summed E-state index contributed by atoms with van der Waals surface area (Å²) in [6, 6.07) is 13.6. The van der Waals surface area contributed by atoms with Crippen molar-refractivity contribution in [3.63, 3.8) is 0 Å². The van der Waals surface area contributed by atoms with Gasteiger partial charge >= 0.3 is 0 Å². The van der Waals surface area contributed by atoms with Gasteiger partial charge in [0.25, 0.3) is 0 Å². The highest BCUT2D eigenvalue weighted by Crippen LogP contribution is 2.29. The molecule has 3 rings (SSSR count). The molecule has 0 saturated carbocycles. The lowest BCUT2D eigenvalue weighted by molar-refractivity contribution is -0.118. The molecular weight excluding hydrogens is 394 g/mol. The molecule has 0 aromatic heterocycles. The van der Waals surface area contributed by atoms with Crippen LogP contribution in [0.1, 0.15) is 17.5 Å². The van der Waals surface area contributed by atoms with Gasteiger partial charge < -0.3 is 25.2 Å². The summed E-state index contributed by atoms with van der Waals surface area (Å²) in [5, 5.41) is 10.6. The van der Waals surface area contributed by atoms with Crippen molar-refractivity contribution in [2.45, 2.75) is 32.4 Å². The highest BCUT2D eigenvalue weighted by atomic mass is 16.5. The number of rotatable bonds is 9. The van der Waals surface area contributed by atoms with Crippen LogP contribution in [-0.4, -0.2) is 68.0 Å². The number of aliphatic hydroxyl groups is 1. The molecule has 31 heavy (non-hydrogen) atoms. The SMILES string of the molecule is COc1ccccc1OCC(O)CN1CCN(c2c(C)cccc2C)C(CC(N)=O)C1. The Labute approximate surface area is 184 Å². The number of carbonyl (C=O) groups is 1. The van der Waals surface area contributed by atoms with Gasteiger partial charge in [0.1, 0.15) is 12.7 Å². The van der Waals surface area contributed by atoms with Crippen LogP contribution in [0.25, 0.3) is 0 Å². The van der Waals surface area contributed by atoms with Gasteiger partial charge in [-0.15, -0.1) is 0 Å². The molecule has 7 nitrogen and oxygen atoms in total. The number of amides is 1. The molecule has 1 fully saturated rings. The van der Waals surface area contributed by atoms with Crippen LogP contribution in [0.4, 0.5) is 5.69 Å². The molecule has 0 aliphatic carbocycles. The van der Waals surface area contributed by atoms with E-state index in [-0.39, 0.29) is 25.0 Å². The monoisotopic (exact) mass is 427 g/mol. The highest BCUT2D eigenvalue weighted by Gasteiger charge is 2.30. The predicted molar refractivity (Wildman–Crippen MR) is 122 cm³/mol. The van der Waals surface area contributed by atoms with Crippen LogP contribution >= 0.6 is 0 Å². The standard InChI is InChI=1S/C24H33N3O4/c1-17-7-6-8-18(2)24(17)27-12-11-26(14-19(27)13-23(25)29)15-20(28)16-31-22-10-5-4-9-21(22)30-3/h4-10,19-20,28H,11-16H2,1-3H3,(H2,25,29). The second-order valence-electron chi connectivity index (χ2n) is 8.13. The van der Waals surface area contributed by atoms with Crippen LogP contribution in [-0.2, 0) is 4.79 Å². The Bertz CT molecular complexity index is 869. The van der Waals surface area contributed by atoms with Gasteiger partial charge in [-0.2, -0.15) is 0 Å². The summed E-state index contributed by atoms with van der Waals surface area (Å²) < 4.78 is 11.0. The minimum Gasteiger partial charge on any atom is -0.493 e. The lowest BCUT2D eigenvalue weighted by Crippen LogP contribution is -2.56. The molecule has 2 unspecified atom stereocenters. The summed E-state index contributed by atoms with van der Waals surface area (Å²) in [5.74, 6) is 0.928. The molecule has 1 heterocycles. The number of aryl methyl sites for hydroxylation is 2. The average molecular weight is 428 g/mol. The number of hydrogen-bond acceptors (Lipinski definition) is 6. The van der Waals surface area contributed by atoms with Crippen LogP contribution in [0.5, 0.6) is 11.5 Å². The first-order chi connectivity index (χ1) is 14.9. The largest absolute Gasteiger partial charge is 0.493 e. The molecule has 7 heteroatoms. The molecule has 3 N–H and O–H groups in total. The molecular formula is C24H33N3O4. The second-order valence-corrected chi connectivity index (χ2v) is 8.13. The van der Waals surface area contributed by atoms with Gasteiger partial charge in [0.15, 0.2) is 11.5 Å². The molecule has 1 aliphatic heterocycles. The number of nitrogens with two attached hydrogens (primary N) is 1. The summed E-state index contributed by atoms with van der Waals surface area (Å²) in [6.07, 6.45) is -0.385. The number of nitrogens with zero attached hydrogens (tertiary/aromatic N) is 2. The zero-order chi connectivity index (χ0) is 22.4. The molecule has 0 bridgehead atoms. The summed E-state index contributed by atoms with van der Waals surface area (Å²) in [5.41, 5.74) is 9.11. The van der Waals surface area contributed by atoms with Gasteiger partial charge in [0.05, 0.1) is 13.2 Å². The molecule has 0 spiro atoms. The Balaban J connectivity index is 1.63. The molecule has 0 radical (unpaired) electrons. The maximum Gasteiger partial charge on any atom is 0.219 e. The summed E-state index contributed by atoms with van der Waals surface area (Å²) in [6.45, 7) is 7.02. The summed E-state index contributed by atoms with van der Waals surface area (Å²) in [4.78, 5) is 16.2. The van der Waals surface area contributed by atoms with Gasteiger partial charge in [-0.3, -0.25) is 9.69 Å². The Morgan fingerprint density at radius 2 is 1.81 bits per heavy atom. The maximum absolute atomic E-state index is 11.8. The van der Waals surface area contributed by atoms with Crippen molar-refractivity contribution in [1.29, 1.82) is 0 Å². The Kier molecular flexibility index (Phi) is 7.76. The van der Waals surface area contributed by atoms with Gasteiger partial charge in [0.2, 0.25) is 5.91 Å². The minimum atomic E-state index is -0.661. The van der Waals surface area contributed by atoms with Crippen molar-refractivity contribution in [2.24, 2.45) is 5.73 Å². The van der Waals surface area contributed by atoms with E-state index in [9.17, 15) is 9.90 Å². The number of anilines is 1. The summed E-state index contributed by atoms with van der Waals surface area (Å²) in [7, 11) is 1.59. The lowest BCUT2D eigenvalue weighted by Gasteiger charge is -2.44. The van der Waals surface area contributed by atoms with E-state index in [1.54, 1.807) is 7.11 Å².